The third-order valence-electron chi connectivity index (χ3n) is 2.76. The molecule has 0 radical (unpaired) electrons. The minimum Gasteiger partial charge on any atom is -0.368 e. The van der Waals surface area contributed by atoms with Crippen LogP contribution in [0.3, 0.4) is 0 Å². The molecule has 0 bridgehead atoms. The maximum Gasteiger partial charge on any atom is 0.271 e. The minimum absolute atomic E-state index is 0.0469. The van der Waals surface area contributed by atoms with Crippen LogP contribution in [0.5, 0.6) is 0 Å². The Balaban J connectivity index is 2.39. The van der Waals surface area contributed by atoms with Crippen molar-refractivity contribution in [3.63, 3.8) is 0 Å². The Kier molecular flexibility index (Phi) is 3.38. The van der Waals surface area contributed by atoms with E-state index < -0.39 is 17.9 Å². The highest BCUT2D eigenvalue weighted by molar-refractivity contribution is 5.96. The van der Waals surface area contributed by atoms with Crippen molar-refractivity contribution >= 4 is 17.6 Å². The van der Waals surface area contributed by atoms with Gasteiger partial charge in [0.1, 0.15) is 6.04 Å². The summed E-state index contributed by atoms with van der Waals surface area (Å²) in [6.45, 7) is 1.58. The number of hydrogen-bond acceptors (Lipinski definition) is 6. The van der Waals surface area contributed by atoms with Crippen molar-refractivity contribution < 1.29 is 9.59 Å². The number of nitrogens with two attached hydrogens (primary N) is 2. The average molecular weight is 250 g/mol. The fourth-order valence-corrected chi connectivity index (χ4v) is 1.93. The topological polar surface area (TPSA) is 127 Å². The number of nitrogens with zero attached hydrogens (tertiary/aromatic N) is 3. The van der Waals surface area contributed by atoms with E-state index >= 15 is 0 Å². The third-order valence-corrected chi connectivity index (χ3v) is 2.76. The van der Waals surface area contributed by atoms with E-state index in [1.807, 2.05) is 0 Å². The molecule has 1 saturated heterocycles. The molecule has 0 aromatic carbocycles. The molecule has 2 amide bonds. The van der Waals surface area contributed by atoms with Gasteiger partial charge >= 0.3 is 0 Å². The molecule has 5 N–H and O–H groups in total. The van der Waals surface area contributed by atoms with Crippen LogP contribution in [0.25, 0.3) is 0 Å². The van der Waals surface area contributed by atoms with Gasteiger partial charge in [0.05, 0.1) is 0 Å². The normalized spacial score (nSPS) is 19.6. The van der Waals surface area contributed by atoms with Crippen LogP contribution in [-0.4, -0.2) is 47.5 Å². The molecule has 1 unspecified atom stereocenters. The second-order valence-corrected chi connectivity index (χ2v) is 3.91. The zero-order chi connectivity index (χ0) is 13.1. The zero-order valence-corrected chi connectivity index (χ0v) is 9.67. The smallest absolute Gasteiger partial charge is 0.271 e. The summed E-state index contributed by atoms with van der Waals surface area (Å²) >= 11 is 0. The van der Waals surface area contributed by atoms with E-state index in [1.54, 1.807) is 4.90 Å². The Morgan fingerprint density at radius 1 is 1.33 bits per heavy atom. The van der Waals surface area contributed by atoms with Crippen LogP contribution in [0.15, 0.2) is 12.4 Å². The van der Waals surface area contributed by atoms with Gasteiger partial charge in [-0.2, -0.15) is 0 Å². The van der Waals surface area contributed by atoms with Gasteiger partial charge in [-0.1, -0.05) is 0 Å². The van der Waals surface area contributed by atoms with E-state index in [-0.39, 0.29) is 5.69 Å². The Labute approximate surface area is 103 Å². The lowest BCUT2D eigenvalue weighted by atomic mass is 10.1. The maximum atomic E-state index is 11.4. The molecule has 8 heteroatoms. The minimum atomic E-state index is -0.681. The lowest BCUT2D eigenvalue weighted by molar-refractivity contribution is -0.119. The molecule has 0 saturated carbocycles. The van der Waals surface area contributed by atoms with Crippen molar-refractivity contribution in [2.24, 2.45) is 11.5 Å². The zero-order valence-electron chi connectivity index (χ0n) is 9.67. The summed E-state index contributed by atoms with van der Waals surface area (Å²) in [4.78, 5) is 32.3. The lowest BCUT2D eigenvalue weighted by Crippen LogP contribution is -2.57. The highest BCUT2D eigenvalue weighted by Gasteiger charge is 2.30. The predicted octanol–water partition coefficient (Wildman–Crippen LogP) is -2.16. The van der Waals surface area contributed by atoms with Crippen molar-refractivity contribution in [2.45, 2.75) is 6.04 Å². The Hall–Kier alpha value is -2.22. The fourth-order valence-electron chi connectivity index (χ4n) is 1.93. The first-order valence-electron chi connectivity index (χ1n) is 5.48. The first kappa shape index (κ1) is 12.2. The van der Waals surface area contributed by atoms with Crippen molar-refractivity contribution in [3.8, 4) is 0 Å². The SMILES string of the molecule is NC(=O)c1nccnc1N1CCNCC1C(N)=O. The summed E-state index contributed by atoms with van der Waals surface area (Å²) in [5, 5.41) is 3.06. The van der Waals surface area contributed by atoms with Crippen molar-refractivity contribution in [1.82, 2.24) is 15.3 Å². The van der Waals surface area contributed by atoms with E-state index in [2.05, 4.69) is 15.3 Å². The summed E-state index contributed by atoms with van der Waals surface area (Å²) in [6.07, 6.45) is 2.83. The van der Waals surface area contributed by atoms with Crippen LogP contribution in [0, 0.1) is 0 Å². The van der Waals surface area contributed by atoms with Crippen molar-refractivity contribution in [1.29, 1.82) is 0 Å². The standard InChI is InChI=1S/C10H14N6O2/c11-8(17)6-5-13-3-4-16(6)10-7(9(12)18)14-1-2-15-10/h1-2,6,13H,3-5H2,(H2,11,17)(H2,12,18). The number of nitrogens with one attached hydrogen (secondary N) is 1. The Bertz CT molecular complexity index is 477. The van der Waals surface area contributed by atoms with E-state index in [0.29, 0.717) is 25.5 Å². The Morgan fingerprint density at radius 2 is 2.06 bits per heavy atom. The molecule has 18 heavy (non-hydrogen) atoms. The number of primary amides is 2. The van der Waals surface area contributed by atoms with Gasteiger partial charge in [-0.25, -0.2) is 9.97 Å². The van der Waals surface area contributed by atoms with E-state index in [9.17, 15) is 9.59 Å². The predicted molar refractivity (Wildman–Crippen MR) is 63.7 cm³/mol. The second-order valence-electron chi connectivity index (χ2n) is 3.91. The van der Waals surface area contributed by atoms with Gasteiger partial charge in [-0.05, 0) is 0 Å². The van der Waals surface area contributed by atoms with Crippen LogP contribution in [-0.2, 0) is 4.79 Å². The van der Waals surface area contributed by atoms with Gasteiger partial charge in [0.2, 0.25) is 5.91 Å². The fraction of sp³-hybridized carbons (Fsp3) is 0.400. The van der Waals surface area contributed by atoms with Crippen LogP contribution < -0.4 is 21.7 Å². The molecule has 1 aliphatic rings. The van der Waals surface area contributed by atoms with Crippen LogP contribution >= 0.6 is 0 Å². The monoisotopic (exact) mass is 250 g/mol. The molecule has 1 fully saturated rings. The first-order chi connectivity index (χ1) is 8.61. The molecule has 0 aliphatic carbocycles. The van der Waals surface area contributed by atoms with Crippen LogP contribution in [0.2, 0.25) is 0 Å². The summed E-state index contributed by atoms with van der Waals surface area (Å²) in [7, 11) is 0. The molecular weight excluding hydrogens is 236 g/mol. The number of carbonyl (C=O) groups excluding carboxylic acids is 2. The summed E-state index contributed by atoms with van der Waals surface area (Å²) in [6, 6.07) is -0.562. The molecule has 1 aromatic heterocycles. The number of aromatic nitrogens is 2. The number of hydrogen-bond donors (Lipinski definition) is 3. The van der Waals surface area contributed by atoms with Crippen LogP contribution in [0.4, 0.5) is 5.82 Å². The first-order valence-corrected chi connectivity index (χ1v) is 5.48. The van der Waals surface area contributed by atoms with Gasteiger partial charge < -0.3 is 21.7 Å². The molecule has 8 nitrogen and oxygen atoms in total. The number of rotatable bonds is 3. The average Bonchev–Trinajstić information content (AvgIpc) is 2.38. The Morgan fingerprint density at radius 3 is 2.72 bits per heavy atom. The second kappa shape index (κ2) is 4.96. The highest BCUT2D eigenvalue weighted by Crippen LogP contribution is 2.18. The summed E-state index contributed by atoms with van der Waals surface area (Å²) in [5.74, 6) is -0.863. The number of amides is 2. The van der Waals surface area contributed by atoms with Crippen LogP contribution in [0.1, 0.15) is 10.5 Å². The number of anilines is 1. The van der Waals surface area contributed by atoms with Gasteiger partial charge in [-0.3, -0.25) is 9.59 Å². The molecule has 1 aliphatic heterocycles. The quantitative estimate of drug-likeness (QED) is 0.560. The molecule has 1 aromatic rings. The highest BCUT2D eigenvalue weighted by atomic mass is 16.2. The van der Waals surface area contributed by atoms with Crippen molar-refractivity contribution in [2.75, 3.05) is 24.5 Å². The number of piperazine rings is 1. The lowest BCUT2D eigenvalue weighted by Gasteiger charge is -2.35. The molecule has 96 valence electrons. The van der Waals surface area contributed by atoms with E-state index in [1.165, 1.54) is 12.4 Å². The largest absolute Gasteiger partial charge is 0.368 e. The molecule has 0 spiro atoms. The van der Waals surface area contributed by atoms with Crippen molar-refractivity contribution in [3.05, 3.63) is 18.1 Å². The van der Waals surface area contributed by atoms with Gasteiger partial charge in [0, 0.05) is 32.0 Å². The van der Waals surface area contributed by atoms with Gasteiger partial charge in [0.15, 0.2) is 11.5 Å². The van der Waals surface area contributed by atoms with E-state index in [0.717, 1.165) is 0 Å². The molecule has 2 rings (SSSR count). The van der Waals surface area contributed by atoms with E-state index in [4.69, 9.17) is 11.5 Å². The third kappa shape index (κ3) is 2.23. The summed E-state index contributed by atoms with van der Waals surface area (Å²) < 4.78 is 0. The molecule has 2 heterocycles. The number of carbonyl (C=O) groups is 2. The summed E-state index contributed by atoms with van der Waals surface area (Å²) in [5.41, 5.74) is 10.6. The molecule has 1 atom stereocenters. The molecular formula is C10H14N6O2. The maximum absolute atomic E-state index is 11.4. The van der Waals surface area contributed by atoms with Gasteiger partial charge in [0.25, 0.3) is 5.91 Å². The van der Waals surface area contributed by atoms with Gasteiger partial charge in [-0.15, -0.1) is 0 Å².